The van der Waals surface area contributed by atoms with E-state index in [2.05, 4.69) is 42.1 Å². The van der Waals surface area contributed by atoms with Crippen LogP contribution in [0.4, 0.5) is 0 Å². The molecule has 1 aromatic rings. The van der Waals surface area contributed by atoms with Crippen molar-refractivity contribution in [3.8, 4) is 0 Å². The van der Waals surface area contributed by atoms with Gasteiger partial charge in [0.15, 0.2) is 6.04 Å². The number of carboxylic acid groups (broad SMARTS) is 1. The van der Waals surface area contributed by atoms with E-state index in [1.807, 2.05) is 13.8 Å². The Morgan fingerprint density at radius 1 is 1.39 bits per heavy atom. The van der Waals surface area contributed by atoms with Crippen LogP contribution in [0, 0.1) is 24.2 Å². The number of nitrogens with zero attached hydrogens (tertiary/aromatic N) is 3. The van der Waals surface area contributed by atoms with Gasteiger partial charge in [0.25, 0.3) is 5.56 Å². The molecule has 152 valence electrons. The standard InChI is InChI=1S/C22H31N3O3/c1-14(2)11-19(21(27)28)25-20(26)15(3)12-16(23-25)8-10-24-13-17-18(24)7-6-9-22(17,4)5/h6-7,9,12,14,17,19H,8,10-11,13H2,1-5H3,(H,27,28)/t17?,19-/m0/s1. The highest BCUT2D eigenvalue weighted by Gasteiger charge is 2.42. The SMILES string of the molecule is Cc1cc(CCN2CC3C2=CC=CC3(C)C)nn([C@@H](CC(C)C)C(=O)O)c1=O. The molecular formula is C22H31N3O3. The number of rotatable bonds is 7. The second kappa shape index (κ2) is 7.57. The molecule has 1 aliphatic heterocycles. The first-order valence-corrected chi connectivity index (χ1v) is 10.1. The molecule has 0 amide bonds. The molecule has 0 radical (unpaired) electrons. The van der Waals surface area contributed by atoms with Crippen molar-refractivity contribution in [2.45, 2.75) is 53.5 Å². The Labute approximate surface area is 166 Å². The van der Waals surface area contributed by atoms with E-state index >= 15 is 0 Å². The largest absolute Gasteiger partial charge is 0.480 e. The number of carbonyl (C=O) groups is 1. The van der Waals surface area contributed by atoms with Crippen molar-refractivity contribution in [3.63, 3.8) is 0 Å². The van der Waals surface area contributed by atoms with Crippen molar-refractivity contribution in [1.82, 2.24) is 14.7 Å². The fraction of sp³-hybridized carbons (Fsp3) is 0.591. The molecule has 0 saturated carbocycles. The van der Waals surface area contributed by atoms with Crippen molar-refractivity contribution >= 4 is 5.97 Å². The molecule has 28 heavy (non-hydrogen) atoms. The molecule has 1 fully saturated rings. The molecule has 1 aromatic heterocycles. The van der Waals surface area contributed by atoms with Crippen molar-refractivity contribution in [3.05, 3.63) is 51.6 Å². The first-order valence-electron chi connectivity index (χ1n) is 10.1. The third kappa shape index (κ3) is 3.91. The predicted octanol–water partition coefficient (Wildman–Crippen LogP) is 3.18. The molecule has 1 N–H and O–H groups in total. The summed E-state index contributed by atoms with van der Waals surface area (Å²) in [6.07, 6.45) is 7.64. The van der Waals surface area contributed by atoms with Crippen molar-refractivity contribution in [2.24, 2.45) is 17.3 Å². The zero-order chi connectivity index (χ0) is 20.6. The Hall–Kier alpha value is -2.37. The number of aromatic nitrogens is 2. The Balaban J connectivity index is 1.76. The van der Waals surface area contributed by atoms with Gasteiger partial charge in [0.05, 0.1) is 5.69 Å². The van der Waals surface area contributed by atoms with Crippen molar-refractivity contribution in [1.29, 1.82) is 0 Å². The maximum atomic E-state index is 12.5. The van der Waals surface area contributed by atoms with E-state index in [4.69, 9.17) is 0 Å². The van der Waals surface area contributed by atoms with Crippen LogP contribution in [-0.2, 0) is 11.2 Å². The van der Waals surface area contributed by atoms with E-state index in [-0.39, 0.29) is 16.9 Å². The second-order valence-corrected chi connectivity index (χ2v) is 9.07. The van der Waals surface area contributed by atoms with Crippen LogP contribution in [0.25, 0.3) is 0 Å². The van der Waals surface area contributed by atoms with Gasteiger partial charge in [-0.25, -0.2) is 9.48 Å². The van der Waals surface area contributed by atoms with Gasteiger partial charge in [-0.3, -0.25) is 4.79 Å². The number of aryl methyl sites for hydroxylation is 1. The minimum absolute atomic E-state index is 0.159. The van der Waals surface area contributed by atoms with Crippen molar-refractivity contribution < 1.29 is 9.90 Å². The van der Waals surface area contributed by atoms with E-state index in [1.165, 1.54) is 10.4 Å². The van der Waals surface area contributed by atoms with E-state index in [1.54, 1.807) is 13.0 Å². The zero-order valence-electron chi connectivity index (χ0n) is 17.5. The first kappa shape index (κ1) is 20.4. The quantitative estimate of drug-likeness (QED) is 0.780. The monoisotopic (exact) mass is 385 g/mol. The average Bonchev–Trinajstić information content (AvgIpc) is 2.57. The first-order chi connectivity index (χ1) is 13.1. The molecule has 0 bridgehead atoms. The Bertz CT molecular complexity index is 880. The van der Waals surface area contributed by atoms with Crippen LogP contribution >= 0.6 is 0 Å². The molecule has 2 heterocycles. The molecule has 6 heteroatoms. The van der Waals surface area contributed by atoms with Crippen LogP contribution in [0.1, 0.15) is 51.4 Å². The minimum atomic E-state index is -1.01. The maximum Gasteiger partial charge on any atom is 0.328 e. The van der Waals surface area contributed by atoms with Gasteiger partial charge >= 0.3 is 5.97 Å². The van der Waals surface area contributed by atoms with Crippen LogP contribution in [0.15, 0.2) is 34.8 Å². The summed E-state index contributed by atoms with van der Waals surface area (Å²) in [4.78, 5) is 26.6. The molecule has 2 aliphatic rings. The topological polar surface area (TPSA) is 75.4 Å². The zero-order valence-corrected chi connectivity index (χ0v) is 17.5. The highest BCUT2D eigenvalue weighted by atomic mass is 16.4. The molecule has 1 saturated heterocycles. The summed E-state index contributed by atoms with van der Waals surface area (Å²) in [7, 11) is 0. The normalized spacial score (nSPS) is 21.1. The van der Waals surface area contributed by atoms with Crippen LogP contribution in [0.2, 0.25) is 0 Å². The summed E-state index contributed by atoms with van der Waals surface area (Å²) in [6.45, 7) is 12.0. The smallest absolute Gasteiger partial charge is 0.328 e. The lowest BCUT2D eigenvalue weighted by molar-refractivity contribution is -0.141. The van der Waals surface area contributed by atoms with Gasteiger partial charge in [-0.05, 0) is 36.8 Å². The Morgan fingerprint density at radius 2 is 2.11 bits per heavy atom. The number of carboxylic acids is 1. The molecule has 6 nitrogen and oxygen atoms in total. The molecular weight excluding hydrogens is 354 g/mol. The molecule has 0 aromatic carbocycles. The summed E-state index contributed by atoms with van der Waals surface area (Å²) in [6, 6.07) is 0.871. The number of aliphatic carboxylic acids is 1. The minimum Gasteiger partial charge on any atom is -0.480 e. The lowest BCUT2D eigenvalue weighted by Crippen LogP contribution is -2.51. The van der Waals surface area contributed by atoms with Gasteiger partial charge in [0.1, 0.15) is 0 Å². The lowest BCUT2D eigenvalue weighted by atomic mass is 9.69. The number of hydrogen-bond acceptors (Lipinski definition) is 4. The highest BCUT2D eigenvalue weighted by Crippen LogP contribution is 2.45. The van der Waals surface area contributed by atoms with Gasteiger partial charge in [0, 0.05) is 36.7 Å². The van der Waals surface area contributed by atoms with Crippen LogP contribution in [0.3, 0.4) is 0 Å². The summed E-state index contributed by atoms with van der Waals surface area (Å²) >= 11 is 0. The molecule has 1 unspecified atom stereocenters. The molecule has 0 spiro atoms. The summed E-state index contributed by atoms with van der Waals surface area (Å²) in [5, 5.41) is 14.0. The van der Waals surface area contributed by atoms with Crippen LogP contribution in [0.5, 0.6) is 0 Å². The molecule has 3 rings (SSSR count). The second-order valence-electron chi connectivity index (χ2n) is 9.07. The van der Waals surface area contributed by atoms with E-state index < -0.39 is 12.0 Å². The van der Waals surface area contributed by atoms with Gasteiger partial charge in [-0.1, -0.05) is 39.8 Å². The highest BCUT2D eigenvalue weighted by molar-refractivity contribution is 5.71. The average molecular weight is 386 g/mol. The summed E-state index contributed by atoms with van der Waals surface area (Å²) < 4.78 is 1.18. The van der Waals surface area contributed by atoms with E-state index in [0.29, 0.717) is 24.3 Å². The molecule has 1 aliphatic carbocycles. The van der Waals surface area contributed by atoms with Gasteiger partial charge in [-0.15, -0.1) is 0 Å². The third-order valence-corrected chi connectivity index (χ3v) is 5.89. The van der Waals surface area contributed by atoms with Gasteiger partial charge < -0.3 is 10.0 Å². The van der Waals surface area contributed by atoms with Crippen molar-refractivity contribution in [2.75, 3.05) is 13.1 Å². The van der Waals surface area contributed by atoms with E-state index in [9.17, 15) is 14.7 Å². The van der Waals surface area contributed by atoms with Gasteiger partial charge in [-0.2, -0.15) is 5.10 Å². The lowest BCUT2D eigenvalue weighted by Gasteiger charge is -2.51. The number of allylic oxidation sites excluding steroid dienone is 3. The maximum absolute atomic E-state index is 12.5. The molecule has 2 atom stereocenters. The number of likely N-dealkylation sites (tertiary alicyclic amines) is 1. The number of hydrogen-bond donors (Lipinski definition) is 1. The fourth-order valence-electron chi connectivity index (χ4n) is 4.14. The summed E-state index contributed by atoms with van der Waals surface area (Å²) in [5.74, 6) is -0.290. The van der Waals surface area contributed by atoms with Crippen LogP contribution < -0.4 is 5.56 Å². The summed E-state index contributed by atoms with van der Waals surface area (Å²) in [5.41, 5.74) is 2.54. The van der Waals surface area contributed by atoms with E-state index in [0.717, 1.165) is 18.8 Å². The van der Waals surface area contributed by atoms with Crippen LogP contribution in [-0.4, -0.2) is 38.8 Å². The number of fused-ring (bicyclic) bond motifs is 1. The Morgan fingerprint density at radius 3 is 2.75 bits per heavy atom. The predicted molar refractivity (Wildman–Crippen MR) is 109 cm³/mol. The Kier molecular flexibility index (Phi) is 5.50. The fourth-order valence-corrected chi connectivity index (χ4v) is 4.14. The van der Waals surface area contributed by atoms with Gasteiger partial charge in [0.2, 0.25) is 0 Å². The third-order valence-electron chi connectivity index (χ3n) is 5.89.